The number of rotatable bonds is 1. The van der Waals surface area contributed by atoms with Crippen LogP contribution in [0, 0.1) is 18.3 Å². The Morgan fingerprint density at radius 2 is 2.17 bits per heavy atom. The average molecular weight is 320 g/mol. The number of nitrogens with zero attached hydrogens (tertiary/aromatic N) is 3. The van der Waals surface area contributed by atoms with Gasteiger partial charge in [-0.15, -0.1) is 11.3 Å². The van der Waals surface area contributed by atoms with Gasteiger partial charge in [-0.3, -0.25) is 0 Å². The van der Waals surface area contributed by atoms with Crippen LogP contribution in [0.15, 0.2) is 29.8 Å². The molecule has 1 aliphatic rings. The van der Waals surface area contributed by atoms with E-state index in [2.05, 4.69) is 16.0 Å². The van der Waals surface area contributed by atoms with E-state index in [1.54, 1.807) is 5.51 Å². The molecule has 2 aromatic heterocycles. The zero-order valence-electron chi connectivity index (χ0n) is 12.3. The molecule has 0 unspecified atom stereocenters. The van der Waals surface area contributed by atoms with Gasteiger partial charge in [-0.2, -0.15) is 5.26 Å². The predicted octanol–water partition coefficient (Wildman–Crippen LogP) is 3.53. The van der Waals surface area contributed by atoms with Crippen molar-refractivity contribution < 1.29 is 4.74 Å². The van der Waals surface area contributed by atoms with E-state index in [9.17, 15) is 5.26 Å². The second kappa shape index (κ2) is 5.07. The van der Waals surface area contributed by atoms with Crippen LogP contribution >= 0.6 is 11.3 Å². The van der Waals surface area contributed by atoms with Gasteiger partial charge in [0, 0.05) is 16.7 Å². The number of hydrogen-bond acceptors (Lipinski definition) is 6. The first-order valence-electron chi connectivity index (χ1n) is 7.05. The van der Waals surface area contributed by atoms with E-state index in [0.29, 0.717) is 12.2 Å². The number of para-hydroxylation sites is 1. The van der Waals surface area contributed by atoms with E-state index in [1.165, 1.54) is 11.3 Å². The summed E-state index contributed by atoms with van der Waals surface area (Å²) in [6, 6.07) is 9.91. The van der Waals surface area contributed by atoms with Gasteiger partial charge in [0.15, 0.2) is 0 Å². The number of anilines is 1. The van der Waals surface area contributed by atoms with Gasteiger partial charge in [0.1, 0.15) is 29.8 Å². The van der Waals surface area contributed by atoms with Crippen LogP contribution in [-0.4, -0.2) is 9.97 Å². The summed E-state index contributed by atoms with van der Waals surface area (Å²) >= 11 is 1.49. The third-order valence-electron chi connectivity index (χ3n) is 3.92. The average Bonchev–Trinajstić information content (AvgIpc) is 2.99. The smallest absolute Gasteiger partial charge is 0.142 e. The molecular formula is C17H12N4OS. The highest BCUT2D eigenvalue weighted by Gasteiger charge is 2.27. The number of aryl methyl sites for hydroxylation is 1. The maximum Gasteiger partial charge on any atom is 0.142 e. The Labute approximate surface area is 137 Å². The largest absolute Gasteiger partial charge is 0.488 e. The molecule has 0 fully saturated rings. The van der Waals surface area contributed by atoms with Gasteiger partial charge in [0.05, 0.1) is 21.8 Å². The van der Waals surface area contributed by atoms with Crippen LogP contribution in [0.25, 0.3) is 21.7 Å². The molecule has 3 aromatic rings. The Morgan fingerprint density at radius 1 is 1.35 bits per heavy atom. The second-order valence-corrected chi connectivity index (χ2v) is 6.09. The molecule has 23 heavy (non-hydrogen) atoms. The number of pyridine rings is 1. The quantitative estimate of drug-likeness (QED) is 0.741. The Morgan fingerprint density at radius 3 is 2.91 bits per heavy atom. The summed E-state index contributed by atoms with van der Waals surface area (Å²) in [5.74, 6) is 1.02. The maximum atomic E-state index is 9.56. The number of thiazole rings is 1. The summed E-state index contributed by atoms with van der Waals surface area (Å²) in [6.07, 6.45) is 0. The van der Waals surface area contributed by atoms with Crippen molar-refractivity contribution in [3.8, 4) is 33.5 Å². The molecular weight excluding hydrogens is 308 g/mol. The summed E-state index contributed by atoms with van der Waals surface area (Å²) in [7, 11) is 0. The minimum atomic E-state index is 0.241. The highest BCUT2D eigenvalue weighted by atomic mass is 32.1. The Hall–Kier alpha value is -2.91. The lowest BCUT2D eigenvalue weighted by Gasteiger charge is -2.23. The molecule has 0 saturated heterocycles. The topological polar surface area (TPSA) is 84.8 Å². The summed E-state index contributed by atoms with van der Waals surface area (Å²) in [5, 5.41) is 9.56. The third-order valence-corrected chi connectivity index (χ3v) is 4.87. The van der Waals surface area contributed by atoms with Crippen LogP contribution in [0.1, 0.15) is 16.8 Å². The van der Waals surface area contributed by atoms with Crippen molar-refractivity contribution in [3.05, 3.63) is 46.6 Å². The number of ether oxygens (including phenoxy) is 1. The first-order valence-corrected chi connectivity index (χ1v) is 7.93. The normalized spacial score (nSPS) is 12.0. The van der Waals surface area contributed by atoms with E-state index < -0.39 is 0 Å². The summed E-state index contributed by atoms with van der Waals surface area (Å²) in [5.41, 5.74) is 12.5. The molecule has 1 aliphatic heterocycles. The highest BCUT2D eigenvalue weighted by Crippen LogP contribution is 2.44. The lowest BCUT2D eigenvalue weighted by molar-refractivity contribution is 0.302. The summed E-state index contributed by atoms with van der Waals surface area (Å²) < 4.78 is 5.86. The van der Waals surface area contributed by atoms with Crippen molar-refractivity contribution in [1.82, 2.24) is 9.97 Å². The third kappa shape index (κ3) is 1.98. The molecule has 6 heteroatoms. The number of nitriles is 1. The van der Waals surface area contributed by atoms with E-state index in [-0.39, 0.29) is 5.82 Å². The molecule has 5 nitrogen and oxygen atoms in total. The molecule has 0 radical (unpaired) electrons. The number of nitrogen functional groups attached to an aromatic ring is 1. The van der Waals surface area contributed by atoms with Gasteiger partial charge >= 0.3 is 0 Å². The molecule has 0 saturated carbocycles. The van der Waals surface area contributed by atoms with Crippen LogP contribution in [0.3, 0.4) is 0 Å². The maximum absolute atomic E-state index is 9.56. The number of aromatic nitrogens is 2. The SMILES string of the molecule is Cc1ncsc1-c1c(C#N)c(N)nc2c1COc1ccccc1-2. The van der Waals surface area contributed by atoms with Gasteiger partial charge < -0.3 is 10.5 Å². The van der Waals surface area contributed by atoms with E-state index in [1.807, 2.05) is 31.2 Å². The first kappa shape index (κ1) is 13.7. The van der Waals surface area contributed by atoms with Gasteiger partial charge in [-0.25, -0.2) is 9.97 Å². The van der Waals surface area contributed by atoms with Crippen LogP contribution in [-0.2, 0) is 6.61 Å². The zero-order valence-corrected chi connectivity index (χ0v) is 13.1. The monoisotopic (exact) mass is 320 g/mol. The van der Waals surface area contributed by atoms with Gasteiger partial charge in [0.2, 0.25) is 0 Å². The molecule has 0 amide bonds. The lowest BCUT2D eigenvalue weighted by Crippen LogP contribution is -2.12. The summed E-state index contributed by atoms with van der Waals surface area (Å²) in [6.45, 7) is 2.29. The van der Waals surface area contributed by atoms with E-state index in [0.717, 1.165) is 38.7 Å². The van der Waals surface area contributed by atoms with Gasteiger partial charge in [0.25, 0.3) is 0 Å². The van der Waals surface area contributed by atoms with Crippen molar-refractivity contribution in [1.29, 1.82) is 5.26 Å². The van der Waals surface area contributed by atoms with Crippen LogP contribution in [0.5, 0.6) is 5.75 Å². The fraction of sp³-hybridized carbons (Fsp3) is 0.118. The fourth-order valence-electron chi connectivity index (χ4n) is 2.85. The molecule has 112 valence electrons. The van der Waals surface area contributed by atoms with Crippen LogP contribution in [0.4, 0.5) is 5.82 Å². The van der Waals surface area contributed by atoms with Crippen molar-refractivity contribution in [2.75, 3.05) is 5.73 Å². The Balaban J connectivity index is 2.10. The molecule has 2 N–H and O–H groups in total. The van der Waals surface area contributed by atoms with Crippen molar-refractivity contribution in [2.45, 2.75) is 13.5 Å². The van der Waals surface area contributed by atoms with Crippen LogP contribution in [0.2, 0.25) is 0 Å². The van der Waals surface area contributed by atoms with Gasteiger partial charge in [-0.05, 0) is 19.1 Å². The standard InChI is InChI=1S/C17H12N4OS/c1-9-16(23-8-20-9)14-11(6-18)17(19)21-15-10-4-2-3-5-13(10)22-7-12(14)15/h2-5,8H,7H2,1H3,(H2,19,21). The highest BCUT2D eigenvalue weighted by molar-refractivity contribution is 7.13. The van der Waals surface area contributed by atoms with Crippen molar-refractivity contribution in [3.63, 3.8) is 0 Å². The Bertz CT molecular complexity index is 971. The molecule has 0 atom stereocenters. The van der Waals surface area contributed by atoms with Crippen molar-refractivity contribution in [2.24, 2.45) is 0 Å². The number of nitrogens with two attached hydrogens (primary N) is 1. The lowest BCUT2D eigenvalue weighted by atomic mass is 9.94. The molecule has 4 rings (SSSR count). The number of hydrogen-bond donors (Lipinski definition) is 1. The van der Waals surface area contributed by atoms with E-state index >= 15 is 0 Å². The zero-order chi connectivity index (χ0) is 16.0. The second-order valence-electron chi connectivity index (χ2n) is 5.24. The van der Waals surface area contributed by atoms with E-state index in [4.69, 9.17) is 10.5 Å². The predicted molar refractivity (Wildman–Crippen MR) is 89.0 cm³/mol. The minimum absolute atomic E-state index is 0.241. The van der Waals surface area contributed by atoms with Crippen LogP contribution < -0.4 is 10.5 Å². The molecule has 1 aromatic carbocycles. The van der Waals surface area contributed by atoms with Crippen molar-refractivity contribution >= 4 is 17.2 Å². The molecule has 0 spiro atoms. The van der Waals surface area contributed by atoms with Gasteiger partial charge in [-0.1, -0.05) is 12.1 Å². The number of benzene rings is 1. The number of fused-ring (bicyclic) bond motifs is 3. The molecule has 0 aliphatic carbocycles. The minimum Gasteiger partial charge on any atom is -0.488 e. The molecule has 0 bridgehead atoms. The fourth-order valence-corrected chi connectivity index (χ4v) is 3.73. The Kier molecular flexibility index (Phi) is 3.03. The molecule has 3 heterocycles. The first-order chi connectivity index (χ1) is 11.2. The summed E-state index contributed by atoms with van der Waals surface area (Å²) in [4.78, 5) is 9.72.